The van der Waals surface area contributed by atoms with E-state index in [1.54, 1.807) is 6.33 Å². The molecule has 0 N–H and O–H groups in total. The molecule has 2 aromatic heterocycles. The average molecular weight is 427 g/mol. The van der Waals surface area contributed by atoms with Gasteiger partial charge in [-0.15, -0.1) is 11.3 Å². The van der Waals surface area contributed by atoms with Gasteiger partial charge in [-0.25, -0.2) is 9.97 Å². The quantitative estimate of drug-likeness (QED) is 0.282. The maximum atomic E-state index is 4.78. The highest BCUT2D eigenvalue weighted by molar-refractivity contribution is 7.28. The second-order valence-electron chi connectivity index (χ2n) is 9.38. The molecule has 0 saturated carbocycles. The summed E-state index contributed by atoms with van der Waals surface area (Å²) in [4.78, 5) is 9.50. The second kappa shape index (κ2) is 7.00. The van der Waals surface area contributed by atoms with E-state index >= 15 is 0 Å². The summed E-state index contributed by atoms with van der Waals surface area (Å²) in [6, 6.07) is 20.0. The molecule has 0 bridgehead atoms. The van der Waals surface area contributed by atoms with E-state index in [1.807, 2.05) is 11.3 Å². The number of nitrogens with zero attached hydrogens (tertiary/aromatic N) is 2. The Balaban J connectivity index is 1.84. The van der Waals surface area contributed by atoms with Gasteiger partial charge in [0, 0.05) is 15.6 Å². The third kappa shape index (κ3) is 3.06. The topological polar surface area (TPSA) is 25.8 Å². The molecule has 2 nitrogen and oxygen atoms in total. The number of thiophene rings is 1. The van der Waals surface area contributed by atoms with Crippen LogP contribution in [-0.4, -0.2) is 18.0 Å². The zero-order valence-electron chi connectivity index (χ0n) is 18.2. The van der Waals surface area contributed by atoms with Crippen LogP contribution in [0.2, 0.25) is 19.6 Å². The van der Waals surface area contributed by atoms with Crippen LogP contribution in [-0.2, 0) is 0 Å². The highest BCUT2D eigenvalue weighted by Crippen LogP contribution is 2.39. The van der Waals surface area contributed by atoms with Crippen molar-refractivity contribution in [1.82, 2.24) is 9.97 Å². The molecule has 150 valence electrons. The summed E-state index contributed by atoms with van der Waals surface area (Å²) in [6.07, 6.45) is 1.73. The van der Waals surface area contributed by atoms with E-state index in [1.165, 1.54) is 41.9 Å². The van der Waals surface area contributed by atoms with Gasteiger partial charge >= 0.3 is 0 Å². The summed E-state index contributed by atoms with van der Waals surface area (Å²) in [5, 5.41) is 5.38. The molecule has 0 fully saturated rings. The SMILES string of the molecule is CC(C)c1cc(-c2ncnc3c2sc2c([Si](C)(C)C)cccc23)cc2ccccc12. The van der Waals surface area contributed by atoms with Gasteiger partial charge < -0.3 is 0 Å². The molecule has 4 heteroatoms. The number of hydrogen-bond donors (Lipinski definition) is 0. The maximum absolute atomic E-state index is 4.78. The first-order chi connectivity index (χ1) is 14.3. The van der Waals surface area contributed by atoms with Crippen LogP contribution in [0.3, 0.4) is 0 Å². The Morgan fingerprint density at radius 2 is 1.60 bits per heavy atom. The Labute approximate surface area is 182 Å². The van der Waals surface area contributed by atoms with Gasteiger partial charge in [-0.05, 0) is 39.6 Å². The van der Waals surface area contributed by atoms with Crippen LogP contribution < -0.4 is 5.19 Å². The van der Waals surface area contributed by atoms with E-state index in [0.29, 0.717) is 5.92 Å². The Morgan fingerprint density at radius 1 is 0.833 bits per heavy atom. The molecule has 0 spiro atoms. The summed E-state index contributed by atoms with van der Waals surface area (Å²) in [6.45, 7) is 11.8. The van der Waals surface area contributed by atoms with Gasteiger partial charge in [0.2, 0.25) is 0 Å². The van der Waals surface area contributed by atoms with Crippen LogP contribution in [0.25, 0.3) is 42.3 Å². The van der Waals surface area contributed by atoms with Gasteiger partial charge in [0.25, 0.3) is 0 Å². The number of rotatable bonds is 3. The van der Waals surface area contributed by atoms with Gasteiger partial charge in [-0.1, -0.05) is 76.0 Å². The monoisotopic (exact) mass is 426 g/mol. The minimum atomic E-state index is -1.46. The zero-order valence-corrected chi connectivity index (χ0v) is 20.0. The van der Waals surface area contributed by atoms with Crippen LogP contribution in [0.4, 0.5) is 0 Å². The second-order valence-corrected chi connectivity index (χ2v) is 15.4. The van der Waals surface area contributed by atoms with Crippen molar-refractivity contribution >= 4 is 55.7 Å². The van der Waals surface area contributed by atoms with E-state index in [0.717, 1.165) is 11.2 Å². The first-order valence-corrected chi connectivity index (χ1v) is 14.9. The molecule has 2 heterocycles. The molecular formula is C26H26N2SSi. The smallest absolute Gasteiger partial charge is 0.116 e. The van der Waals surface area contributed by atoms with Gasteiger partial charge in [-0.3, -0.25) is 0 Å². The van der Waals surface area contributed by atoms with Crippen molar-refractivity contribution in [2.24, 2.45) is 0 Å². The lowest BCUT2D eigenvalue weighted by atomic mass is 9.92. The zero-order chi connectivity index (χ0) is 21.0. The highest BCUT2D eigenvalue weighted by Gasteiger charge is 2.23. The molecule has 0 aliphatic rings. The molecule has 0 aliphatic carbocycles. The van der Waals surface area contributed by atoms with Gasteiger partial charge in [0.05, 0.1) is 24.0 Å². The van der Waals surface area contributed by atoms with E-state index in [9.17, 15) is 0 Å². The largest absolute Gasteiger partial charge is 0.235 e. The van der Waals surface area contributed by atoms with E-state index < -0.39 is 8.07 Å². The van der Waals surface area contributed by atoms with Crippen molar-refractivity contribution < 1.29 is 0 Å². The van der Waals surface area contributed by atoms with Crippen LogP contribution in [0.15, 0.2) is 60.9 Å². The maximum Gasteiger partial charge on any atom is 0.116 e. The number of fused-ring (bicyclic) bond motifs is 4. The molecule has 5 rings (SSSR count). The molecule has 0 amide bonds. The van der Waals surface area contributed by atoms with E-state index in [4.69, 9.17) is 9.97 Å². The Bertz CT molecular complexity index is 1410. The highest BCUT2D eigenvalue weighted by atomic mass is 32.1. The fourth-order valence-corrected chi connectivity index (χ4v) is 8.02. The van der Waals surface area contributed by atoms with Crippen molar-refractivity contribution in [2.75, 3.05) is 0 Å². The summed E-state index contributed by atoms with van der Waals surface area (Å²) < 4.78 is 2.58. The van der Waals surface area contributed by atoms with E-state index in [-0.39, 0.29) is 0 Å². The lowest BCUT2D eigenvalue weighted by molar-refractivity contribution is 0.876. The minimum absolute atomic E-state index is 0.452. The van der Waals surface area contributed by atoms with E-state index in [2.05, 4.69) is 88.1 Å². The van der Waals surface area contributed by atoms with Crippen molar-refractivity contribution in [3.63, 3.8) is 0 Å². The number of aromatic nitrogens is 2. The molecule has 3 aromatic carbocycles. The summed E-state index contributed by atoms with van der Waals surface area (Å²) in [7, 11) is -1.46. The molecule has 0 unspecified atom stereocenters. The first kappa shape index (κ1) is 19.4. The van der Waals surface area contributed by atoms with Crippen LogP contribution in [0.5, 0.6) is 0 Å². The average Bonchev–Trinajstić information content (AvgIpc) is 3.10. The van der Waals surface area contributed by atoms with Gasteiger partial charge in [-0.2, -0.15) is 0 Å². The normalized spacial score (nSPS) is 12.5. The van der Waals surface area contributed by atoms with Crippen LogP contribution >= 0.6 is 11.3 Å². The van der Waals surface area contributed by atoms with Crippen molar-refractivity contribution in [3.8, 4) is 11.3 Å². The molecule has 30 heavy (non-hydrogen) atoms. The minimum Gasteiger partial charge on any atom is -0.235 e. The van der Waals surface area contributed by atoms with Crippen molar-refractivity contribution in [1.29, 1.82) is 0 Å². The third-order valence-electron chi connectivity index (χ3n) is 5.88. The fourth-order valence-electron chi connectivity index (χ4n) is 4.35. The molecule has 0 aliphatic heterocycles. The first-order valence-electron chi connectivity index (χ1n) is 10.5. The number of hydrogen-bond acceptors (Lipinski definition) is 3. The summed E-state index contributed by atoms with van der Waals surface area (Å²) >= 11 is 1.87. The van der Waals surface area contributed by atoms with Crippen molar-refractivity contribution in [2.45, 2.75) is 39.4 Å². The Kier molecular flexibility index (Phi) is 4.53. The Morgan fingerprint density at radius 3 is 2.37 bits per heavy atom. The summed E-state index contributed by atoms with van der Waals surface area (Å²) in [5.74, 6) is 0.452. The van der Waals surface area contributed by atoms with Crippen LogP contribution in [0, 0.1) is 0 Å². The summed E-state index contributed by atoms with van der Waals surface area (Å²) in [5.41, 5.74) is 4.69. The molecule has 5 aromatic rings. The lowest BCUT2D eigenvalue weighted by Crippen LogP contribution is -2.37. The molecular weight excluding hydrogens is 400 g/mol. The molecule has 0 radical (unpaired) electrons. The van der Waals surface area contributed by atoms with Gasteiger partial charge in [0.1, 0.15) is 6.33 Å². The van der Waals surface area contributed by atoms with Crippen molar-refractivity contribution in [3.05, 3.63) is 66.5 Å². The predicted molar refractivity (Wildman–Crippen MR) is 135 cm³/mol. The predicted octanol–water partition coefficient (Wildman–Crippen LogP) is 7.33. The third-order valence-corrected chi connectivity index (χ3v) is 9.32. The molecule has 0 saturated heterocycles. The lowest BCUT2D eigenvalue weighted by Gasteiger charge is -2.17. The Hall–Kier alpha value is -2.56. The standard InChI is InChI=1S/C26H26N2SSi/c1-16(2)21-14-18(13-17-9-6-7-10-19(17)21)23-26-24(28-15-27-23)20-11-8-12-22(25(20)29-26)30(3,4)5/h6-16H,1-5H3. The number of benzene rings is 3. The van der Waals surface area contributed by atoms with Gasteiger partial charge in [0.15, 0.2) is 0 Å². The fraction of sp³-hybridized carbons (Fsp3) is 0.231. The van der Waals surface area contributed by atoms with Crippen LogP contribution in [0.1, 0.15) is 25.3 Å². The molecule has 0 atom stereocenters.